The van der Waals surface area contributed by atoms with Crippen molar-refractivity contribution in [2.45, 2.75) is 37.0 Å². The van der Waals surface area contributed by atoms with E-state index in [0.717, 1.165) is 9.26 Å². The smallest absolute Gasteiger partial charge is 1.00 e. The van der Waals surface area contributed by atoms with Gasteiger partial charge in [0.15, 0.2) is 0 Å². The molecule has 0 rings (SSSR count). The molecule has 0 saturated heterocycles. The van der Waals surface area contributed by atoms with Crippen molar-refractivity contribution in [3.8, 4) is 0 Å². The zero-order valence-electron chi connectivity index (χ0n) is 6.74. The molecule has 0 aliphatic heterocycles. The molecule has 0 unspecified atom stereocenters. The third-order valence-electron chi connectivity index (χ3n) is 0.596. The molecular formula is C6H14Cl3V. The maximum absolute atomic E-state index is 2.31. The second-order valence-electron chi connectivity index (χ2n) is 2.34. The third-order valence-corrected chi connectivity index (χ3v) is 2.46. The molecule has 0 aromatic rings. The van der Waals surface area contributed by atoms with Crippen LogP contribution in [0.3, 0.4) is 0 Å². The Morgan fingerprint density at radius 2 is 0.900 bits per heavy atom. The number of hydrogen-bond acceptors (Lipinski definition) is 0. The summed E-state index contributed by atoms with van der Waals surface area (Å²) in [4.78, 5) is 0. The van der Waals surface area contributed by atoms with Gasteiger partial charge in [-0.25, -0.2) is 0 Å². The van der Waals surface area contributed by atoms with E-state index in [4.69, 9.17) is 0 Å². The van der Waals surface area contributed by atoms with E-state index in [9.17, 15) is 0 Å². The van der Waals surface area contributed by atoms with E-state index in [2.05, 4.69) is 27.7 Å². The summed E-state index contributed by atoms with van der Waals surface area (Å²) in [5.41, 5.74) is 0. The Hall–Kier alpha value is 1.45. The van der Waals surface area contributed by atoms with Gasteiger partial charge in [0.25, 0.3) is 0 Å². The van der Waals surface area contributed by atoms with Gasteiger partial charge in [-0.3, -0.25) is 0 Å². The fourth-order valence-corrected chi connectivity index (χ4v) is 2.46. The molecule has 0 radical (unpaired) electrons. The monoisotopic (exact) mass is 242 g/mol. The van der Waals surface area contributed by atoms with Crippen molar-refractivity contribution in [1.82, 2.24) is 0 Å². The van der Waals surface area contributed by atoms with Gasteiger partial charge in [0.2, 0.25) is 0 Å². The molecule has 0 amide bonds. The van der Waals surface area contributed by atoms with Crippen LogP contribution in [0.15, 0.2) is 0 Å². The maximum Gasteiger partial charge on any atom is -1.00 e. The van der Waals surface area contributed by atoms with Gasteiger partial charge in [0.05, 0.1) is 0 Å². The molecular weight excluding hydrogens is 229 g/mol. The Morgan fingerprint density at radius 3 is 0.900 bits per heavy atom. The van der Waals surface area contributed by atoms with E-state index in [-0.39, 0.29) is 37.2 Å². The van der Waals surface area contributed by atoms with Gasteiger partial charge >= 0.3 is 53.2 Å². The van der Waals surface area contributed by atoms with Crippen molar-refractivity contribution >= 4 is 0 Å². The largest absolute Gasteiger partial charge is 1.00 e. The van der Waals surface area contributed by atoms with E-state index in [1.807, 2.05) is 0 Å². The number of halogens is 3. The van der Waals surface area contributed by atoms with Crippen LogP contribution in [0.5, 0.6) is 0 Å². The van der Waals surface area contributed by atoms with Crippen molar-refractivity contribution in [2.75, 3.05) is 0 Å². The quantitative estimate of drug-likeness (QED) is 0.453. The van der Waals surface area contributed by atoms with Gasteiger partial charge in [-0.05, 0) is 0 Å². The predicted octanol–water partition coefficient (Wildman–Crippen LogP) is -6.26. The second-order valence-corrected chi connectivity index (χ2v) is 6.03. The second kappa shape index (κ2) is 13.1. The summed E-state index contributed by atoms with van der Waals surface area (Å²) < 4.78 is 1.94. The molecule has 0 spiro atoms. The predicted molar refractivity (Wildman–Crippen MR) is 30.2 cm³/mol. The topological polar surface area (TPSA) is 0 Å². The van der Waals surface area contributed by atoms with Gasteiger partial charge in [-0.15, -0.1) is 0 Å². The average Bonchev–Trinajstić information content (AvgIpc) is 1.27. The third kappa shape index (κ3) is 22.7. The Bertz CT molecular complexity index is 42.3. The van der Waals surface area contributed by atoms with Crippen LogP contribution in [0.4, 0.5) is 0 Å². The molecule has 0 aliphatic rings. The molecule has 4 heteroatoms. The van der Waals surface area contributed by atoms with Crippen molar-refractivity contribution in [3.05, 3.63) is 0 Å². The summed E-state index contributed by atoms with van der Waals surface area (Å²) in [6.07, 6.45) is 0. The molecule has 0 bridgehead atoms. The molecule has 0 fully saturated rings. The SMILES string of the molecule is C[CH](C)[V+3][CH](C)C.[Cl-].[Cl-].[Cl-]. The summed E-state index contributed by atoms with van der Waals surface area (Å²) in [5, 5.41) is 0. The number of hydrogen-bond donors (Lipinski definition) is 0. The molecule has 0 aromatic carbocycles. The van der Waals surface area contributed by atoms with E-state index in [1.54, 1.807) is 0 Å². The van der Waals surface area contributed by atoms with Gasteiger partial charge in [0.1, 0.15) is 0 Å². The van der Waals surface area contributed by atoms with Crippen molar-refractivity contribution in [2.24, 2.45) is 0 Å². The zero-order valence-corrected chi connectivity index (χ0v) is 10.4. The molecule has 0 nitrogen and oxygen atoms in total. The van der Waals surface area contributed by atoms with Crippen molar-refractivity contribution in [1.29, 1.82) is 0 Å². The van der Waals surface area contributed by atoms with Crippen molar-refractivity contribution < 1.29 is 53.5 Å². The summed E-state index contributed by atoms with van der Waals surface area (Å²) in [6, 6.07) is 0. The van der Waals surface area contributed by atoms with Crippen LogP contribution in [-0.2, 0) is 16.3 Å². The Labute approximate surface area is 90.2 Å². The molecule has 0 saturated carbocycles. The van der Waals surface area contributed by atoms with Crippen LogP contribution in [0.25, 0.3) is 0 Å². The minimum absolute atomic E-state index is 0. The Balaban J connectivity index is -0.0000000600. The Morgan fingerprint density at radius 1 is 0.700 bits per heavy atom. The van der Waals surface area contributed by atoms with Crippen LogP contribution in [-0.4, -0.2) is 0 Å². The zero-order chi connectivity index (χ0) is 5.86. The van der Waals surface area contributed by atoms with Crippen LogP contribution in [0, 0.1) is 0 Å². The molecule has 0 N–H and O–H groups in total. The van der Waals surface area contributed by atoms with Crippen LogP contribution >= 0.6 is 0 Å². The van der Waals surface area contributed by atoms with Crippen molar-refractivity contribution in [3.63, 3.8) is 0 Å². The minimum atomic E-state index is 0. The van der Waals surface area contributed by atoms with Gasteiger partial charge in [-0.2, -0.15) is 0 Å². The maximum atomic E-state index is 2.31. The summed E-state index contributed by atoms with van der Waals surface area (Å²) in [7, 11) is 0. The van der Waals surface area contributed by atoms with E-state index in [1.165, 1.54) is 0 Å². The van der Waals surface area contributed by atoms with E-state index >= 15 is 0 Å². The summed E-state index contributed by atoms with van der Waals surface area (Å²) in [6.45, 7) is 9.22. The average molecular weight is 243 g/mol. The fraction of sp³-hybridized carbons (Fsp3) is 1.00. The van der Waals surface area contributed by atoms with E-state index in [0.29, 0.717) is 16.3 Å². The Kier molecular flexibility index (Phi) is 29.5. The number of rotatable bonds is 2. The van der Waals surface area contributed by atoms with E-state index < -0.39 is 0 Å². The fourth-order valence-electron chi connectivity index (χ4n) is 0.596. The first-order valence-electron chi connectivity index (χ1n) is 2.83. The first kappa shape index (κ1) is 22.5. The summed E-state index contributed by atoms with van der Waals surface area (Å²) in [5.74, 6) is 0. The molecule has 64 valence electrons. The molecule has 0 aromatic heterocycles. The first-order valence-corrected chi connectivity index (χ1v) is 4.44. The van der Waals surface area contributed by atoms with Gasteiger partial charge in [-0.1, -0.05) is 0 Å². The van der Waals surface area contributed by atoms with Gasteiger partial charge in [0, 0.05) is 0 Å². The van der Waals surface area contributed by atoms with Crippen LogP contribution < -0.4 is 37.2 Å². The molecule has 10 heavy (non-hydrogen) atoms. The molecule has 0 atom stereocenters. The standard InChI is InChI=1S/2C3H7.3ClH.V/c2*1-3-2;;;;/h2*3H,1-2H3;3*1H;/q;;;;;+3/p-3. The van der Waals surface area contributed by atoms with Crippen LogP contribution in [0.1, 0.15) is 27.7 Å². The van der Waals surface area contributed by atoms with Gasteiger partial charge < -0.3 is 37.2 Å². The molecule has 0 heterocycles. The normalized spacial score (nSPS) is 7.00. The minimum Gasteiger partial charge on any atom is -1.00 e. The molecule has 0 aliphatic carbocycles. The first-order chi connectivity index (χ1) is 3.13. The summed E-state index contributed by atoms with van der Waals surface area (Å²) >= 11 is 0.632. The van der Waals surface area contributed by atoms with Crippen LogP contribution in [0.2, 0.25) is 9.26 Å².